The van der Waals surface area contributed by atoms with Crippen molar-refractivity contribution in [1.29, 1.82) is 0 Å². The number of carbonyl (C=O) groups excluding carboxylic acids is 1. The van der Waals surface area contributed by atoms with Crippen LogP contribution in [0.3, 0.4) is 0 Å². The van der Waals surface area contributed by atoms with Crippen molar-refractivity contribution in [2.45, 2.75) is 24.4 Å². The number of carboxylic acids is 1. The van der Waals surface area contributed by atoms with Gasteiger partial charge in [0.25, 0.3) is 5.91 Å². The molecule has 3 rings (SSSR count). The van der Waals surface area contributed by atoms with Gasteiger partial charge in [0.1, 0.15) is 11.5 Å². The fraction of sp³-hybridized carbons (Fsp3) is 0.294. The van der Waals surface area contributed by atoms with Crippen molar-refractivity contribution in [2.24, 2.45) is 0 Å². The van der Waals surface area contributed by atoms with Crippen molar-refractivity contribution in [1.82, 2.24) is 15.3 Å². The molecule has 2 N–H and O–H groups in total. The standard InChI is InChI=1S/C17H13F4N3O3/c18-11-4-9(3-10(5-11)17(19,20)21)16(1-2-16)8-24-14(25)12-6-23-13(7-22-12)15(26)27/h3-7H,1-2,8H2,(H,24,25)(H,26,27). The second kappa shape index (κ2) is 6.60. The van der Waals surface area contributed by atoms with Gasteiger partial charge in [-0.1, -0.05) is 0 Å². The summed E-state index contributed by atoms with van der Waals surface area (Å²) in [6.45, 7) is -0.00501. The number of aromatic nitrogens is 2. The maximum atomic E-state index is 13.6. The summed E-state index contributed by atoms with van der Waals surface area (Å²) in [6, 6.07) is 2.36. The third-order valence-corrected chi connectivity index (χ3v) is 4.38. The number of halogens is 4. The highest BCUT2D eigenvalue weighted by atomic mass is 19.4. The van der Waals surface area contributed by atoms with Crippen LogP contribution in [0.2, 0.25) is 0 Å². The van der Waals surface area contributed by atoms with Gasteiger partial charge in [-0.05, 0) is 36.6 Å². The predicted molar refractivity (Wildman–Crippen MR) is 83.6 cm³/mol. The zero-order valence-electron chi connectivity index (χ0n) is 13.7. The molecule has 10 heteroatoms. The summed E-state index contributed by atoms with van der Waals surface area (Å²) in [6.07, 6.45) is -1.76. The summed E-state index contributed by atoms with van der Waals surface area (Å²) < 4.78 is 52.3. The maximum Gasteiger partial charge on any atom is 0.416 e. The molecule has 0 spiro atoms. The highest BCUT2D eigenvalue weighted by Crippen LogP contribution is 2.49. The molecular formula is C17H13F4N3O3. The molecule has 0 radical (unpaired) electrons. The third kappa shape index (κ3) is 4.04. The van der Waals surface area contributed by atoms with Gasteiger partial charge in [0.15, 0.2) is 5.69 Å². The zero-order valence-corrected chi connectivity index (χ0v) is 13.7. The number of nitrogens with one attached hydrogen (secondary N) is 1. The number of carboxylic acid groups (broad SMARTS) is 1. The minimum Gasteiger partial charge on any atom is -0.476 e. The van der Waals surface area contributed by atoms with Crippen molar-refractivity contribution in [3.05, 3.63) is 58.9 Å². The lowest BCUT2D eigenvalue weighted by Crippen LogP contribution is -2.33. The first-order chi connectivity index (χ1) is 12.6. The number of amides is 1. The quantitative estimate of drug-likeness (QED) is 0.775. The molecule has 1 amide bonds. The van der Waals surface area contributed by atoms with Crippen LogP contribution in [0.5, 0.6) is 0 Å². The van der Waals surface area contributed by atoms with E-state index in [9.17, 15) is 27.2 Å². The van der Waals surface area contributed by atoms with Crippen LogP contribution in [0.15, 0.2) is 30.6 Å². The first kappa shape index (κ1) is 18.7. The molecule has 27 heavy (non-hydrogen) atoms. The number of alkyl halides is 3. The Kier molecular flexibility index (Phi) is 4.58. The van der Waals surface area contributed by atoms with E-state index < -0.39 is 34.8 Å². The Hall–Kier alpha value is -3.04. The summed E-state index contributed by atoms with van der Waals surface area (Å²) in [5, 5.41) is 11.3. The smallest absolute Gasteiger partial charge is 0.416 e. The van der Waals surface area contributed by atoms with Crippen LogP contribution in [0.4, 0.5) is 17.6 Å². The molecular weight excluding hydrogens is 370 g/mol. The second-order valence-corrected chi connectivity index (χ2v) is 6.28. The number of hydrogen-bond donors (Lipinski definition) is 2. The van der Waals surface area contributed by atoms with Crippen LogP contribution in [-0.4, -0.2) is 33.5 Å². The van der Waals surface area contributed by atoms with Crippen LogP contribution in [-0.2, 0) is 11.6 Å². The third-order valence-electron chi connectivity index (χ3n) is 4.38. The van der Waals surface area contributed by atoms with Gasteiger partial charge in [-0.3, -0.25) is 4.79 Å². The van der Waals surface area contributed by atoms with E-state index in [0.29, 0.717) is 18.9 Å². The van der Waals surface area contributed by atoms with E-state index in [1.807, 2.05) is 0 Å². The highest BCUT2D eigenvalue weighted by Gasteiger charge is 2.46. The minimum absolute atomic E-state index is 0.00501. The molecule has 1 aliphatic rings. The zero-order chi connectivity index (χ0) is 19.8. The molecule has 0 saturated heterocycles. The van der Waals surface area contributed by atoms with Gasteiger partial charge in [-0.2, -0.15) is 13.2 Å². The Morgan fingerprint density at radius 2 is 1.74 bits per heavy atom. The van der Waals surface area contributed by atoms with Crippen molar-refractivity contribution in [2.75, 3.05) is 6.54 Å². The van der Waals surface area contributed by atoms with Gasteiger partial charge in [-0.25, -0.2) is 19.2 Å². The van der Waals surface area contributed by atoms with E-state index in [1.54, 1.807) is 0 Å². The first-order valence-electron chi connectivity index (χ1n) is 7.83. The first-order valence-corrected chi connectivity index (χ1v) is 7.83. The molecule has 0 unspecified atom stereocenters. The predicted octanol–water partition coefficient (Wildman–Crippen LogP) is 2.79. The highest BCUT2D eigenvalue weighted by molar-refractivity contribution is 5.92. The summed E-state index contributed by atoms with van der Waals surface area (Å²) in [4.78, 5) is 30.1. The number of benzene rings is 1. The number of aromatic carboxylic acids is 1. The summed E-state index contributed by atoms with van der Waals surface area (Å²) in [7, 11) is 0. The van der Waals surface area contributed by atoms with Gasteiger partial charge in [-0.15, -0.1) is 0 Å². The van der Waals surface area contributed by atoms with Gasteiger partial charge in [0, 0.05) is 12.0 Å². The van der Waals surface area contributed by atoms with Crippen LogP contribution in [0.1, 0.15) is 44.9 Å². The molecule has 0 aliphatic heterocycles. The normalized spacial score (nSPS) is 15.3. The minimum atomic E-state index is -4.67. The average molecular weight is 383 g/mol. The molecule has 1 aromatic heterocycles. The van der Waals surface area contributed by atoms with E-state index in [-0.39, 0.29) is 23.5 Å². The number of nitrogens with zero attached hydrogens (tertiary/aromatic N) is 2. The largest absolute Gasteiger partial charge is 0.476 e. The Morgan fingerprint density at radius 1 is 1.11 bits per heavy atom. The van der Waals surface area contributed by atoms with Gasteiger partial charge < -0.3 is 10.4 Å². The van der Waals surface area contributed by atoms with Crippen molar-refractivity contribution >= 4 is 11.9 Å². The number of rotatable bonds is 5. The average Bonchev–Trinajstić information content (AvgIpc) is 3.40. The van der Waals surface area contributed by atoms with Crippen molar-refractivity contribution < 1.29 is 32.3 Å². The van der Waals surface area contributed by atoms with Gasteiger partial charge in [0.05, 0.1) is 18.0 Å². The summed E-state index contributed by atoms with van der Waals surface area (Å²) in [5.41, 5.74) is -2.14. The summed E-state index contributed by atoms with van der Waals surface area (Å²) in [5.74, 6) is -2.94. The molecule has 1 fully saturated rings. The topological polar surface area (TPSA) is 92.2 Å². The van der Waals surface area contributed by atoms with Crippen LogP contribution in [0.25, 0.3) is 0 Å². The SMILES string of the molecule is O=C(O)c1cnc(C(=O)NCC2(c3cc(F)cc(C(F)(F)F)c3)CC2)cn1. The van der Waals surface area contributed by atoms with E-state index in [0.717, 1.165) is 24.5 Å². The van der Waals surface area contributed by atoms with E-state index in [2.05, 4.69) is 15.3 Å². The molecule has 1 heterocycles. The van der Waals surface area contributed by atoms with Crippen molar-refractivity contribution in [3.8, 4) is 0 Å². The summed E-state index contributed by atoms with van der Waals surface area (Å²) >= 11 is 0. The Bertz CT molecular complexity index is 893. The molecule has 142 valence electrons. The second-order valence-electron chi connectivity index (χ2n) is 6.28. The fourth-order valence-electron chi connectivity index (χ4n) is 2.67. The molecule has 0 bridgehead atoms. The molecule has 1 aromatic carbocycles. The molecule has 1 aliphatic carbocycles. The molecule has 2 aromatic rings. The van der Waals surface area contributed by atoms with Crippen LogP contribution >= 0.6 is 0 Å². The monoisotopic (exact) mass is 383 g/mol. The Balaban J connectivity index is 1.73. The lowest BCUT2D eigenvalue weighted by Gasteiger charge is -2.18. The van der Waals surface area contributed by atoms with Crippen LogP contribution < -0.4 is 5.32 Å². The molecule has 1 saturated carbocycles. The maximum absolute atomic E-state index is 13.6. The van der Waals surface area contributed by atoms with Gasteiger partial charge >= 0.3 is 12.1 Å². The van der Waals surface area contributed by atoms with E-state index in [1.165, 1.54) is 0 Å². The lowest BCUT2D eigenvalue weighted by molar-refractivity contribution is -0.137. The van der Waals surface area contributed by atoms with Gasteiger partial charge in [0.2, 0.25) is 0 Å². The Morgan fingerprint density at radius 3 is 2.26 bits per heavy atom. The van der Waals surface area contributed by atoms with Crippen LogP contribution in [0, 0.1) is 5.82 Å². The Labute approximate surface area is 150 Å². The number of carbonyl (C=O) groups is 2. The van der Waals surface area contributed by atoms with E-state index >= 15 is 0 Å². The molecule has 0 atom stereocenters. The molecule has 6 nitrogen and oxygen atoms in total. The fourth-order valence-corrected chi connectivity index (χ4v) is 2.67. The van der Waals surface area contributed by atoms with Crippen molar-refractivity contribution in [3.63, 3.8) is 0 Å². The lowest BCUT2D eigenvalue weighted by atomic mass is 9.93. The number of hydrogen-bond acceptors (Lipinski definition) is 4. The van der Waals surface area contributed by atoms with E-state index in [4.69, 9.17) is 5.11 Å².